The van der Waals surface area contributed by atoms with Gasteiger partial charge in [-0.2, -0.15) is 23.5 Å². The number of hydrogen-bond acceptors (Lipinski definition) is 3. The lowest BCUT2D eigenvalue weighted by Crippen LogP contribution is -2.57. The second kappa shape index (κ2) is 5.11. The molecule has 1 saturated heterocycles. The third kappa shape index (κ3) is 2.28. The van der Waals surface area contributed by atoms with Crippen LogP contribution < -0.4 is 5.32 Å². The second-order valence-corrected chi connectivity index (χ2v) is 8.17. The van der Waals surface area contributed by atoms with Crippen molar-refractivity contribution >= 4 is 23.5 Å². The summed E-state index contributed by atoms with van der Waals surface area (Å²) in [5.74, 6) is 0. The summed E-state index contributed by atoms with van der Waals surface area (Å²) in [6.07, 6.45) is 12.4. The van der Waals surface area contributed by atoms with Crippen LogP contribution in [0.2, 0.25) is 0 Å². The standard InChI is InChI=1S/C13H23NS2/c1-15-9-6-7-13-11(8-9)14-10-4-2-3-5-12(10)16-13/h9-14H,2-8H2,1H3. The summed E-state index contributed by atoms with van der Waals surface area (Å²) in [7, 11) is 0. The molecule has 3 heteroatoms. The minimum absolute atomic E-state index is 0.829. The van der Waals surface area contributed by atoms with E-state index in [1.807, 2.05) is 0 Å². The summed E-state index contributed by atoms with van der Waals surface area (Å²) in [6.45, 7) is 0. The molecule has 0 radical (unpaired) electrons. The number of thioether (sulfide) groups is 2. The second-order valence-electron chi connectivity index (χ2n) is 5.55. The Balaban J connectivity index is 1.64. The Morgan fingerprint density at radius 1 is 1.00 bits per heavy atom. The fourth-order valence-corrected chi connectivity index (χ4v) is 6.19. The number of rotatable bonds is 1. The van der Waals surface area contributed by atoms with E-state index < -0.39 is 0 Å². The first-order chi connectivity index (χ1) is 7.86. The summed E-state index contributed by atoms with van der Waals surface area (Å²) < 4.78 is 0. The fraction of sp³-hybridized carbons (Fsp3) is 1.00. The Labute approximate surface area is 108 Å². The molecule has 1 N–H and O–H groups in total. The Bertz CT molecular complexity index is 246. The van der Waals surface area contributed by atoms with E-state index in [0.717, 1.165) is 27.8 Å². The van der Waals surface area contributed by atoms with E-state index in [2.05, 4.69) is 35.1 Å². The van der Waals surface area contributed by atoms with Crippen LogP contribution in [-0.4, -0.2) is 34.1 Å². The predicted octanol–water partition coefficient (Wildman–Crippen LogP) is 3.29. The van der Waals surface area contributed by atoms with Gasteiger partial charge in [-0.15, -0.1) is 0 Å². The van der Waals surface area contributed by atoms with Gasteiger partial charge in [0.15, 0.2) is 0 Å². The summed E-state index contributed by atoms with van der Waals surface area (Å²) in [5.41, 5.74) is 0. The average Bonchev–Trinajstić information content (AvgIpc) is 2.35. The van der Waals surface area contributed by atoms with Crippen molar-refractivity contribution in [3.05, 3.63) is 0 Å². The maximum Gasteiger partial charge on any atom is 0.0205 e. The van der Waals surface area contributed by atoms with Crippen LogP contribution in [0.25, 0.3) is 0 Å². The molecule has 3 rings (SSSR count). The van der Waals surface area contributed by atoms with Crippen molar-refractivity contribution in [3.63, 3.8) is 0 Å². The largest absolute Gasteiger partial charge is 0.309 e. The third-order valence-corrected chi connectivity index (χ3v) is 7.47. The van der Waals surface area contributed by atoms with E-state index in [1.165, 1.54) is 44.9 Å². The molecule has 1 nitrogen and oxygen atoms in total. The van der Waals surface area contributed by atoms with Gasteiger partial charge in [0.2, 0.25) is 0 Å². The Hall–Kier alpha value is 0.660. The van der Waals surface area contributed by atoms with Crippen LogP contribution in [0.5, 0.6) is 0 Å². The first-order valence-electron chi connectivity index (χ1n) is 6.81. The Morgan fingerprint density at radius 3 is 2.69 bits per heavy atom. The summed E-state index contributed by atoms with van der Waals surface area (Å²) in [6, 6.07) is 1.68. The van der Waals surface area contributed by atoms with Crippen molar-refractivity contribution in [3.8, 4) is 0 Å². The van der Waals surface area contributed by atoms with Crippen molar-refractivity contribution < 1.29 is 0 Å². The highest BCUT2D eigenvalue weighted by Gasteiger charge is 2.40. The number of hydrogen-bond donors (Lipinski definition) is 1. The van der Waals surface area contributed by atoms with E-state index >= 15 is 0 Å². The maximum atomic E-state index is 3.99. The molecule has 0 bridgehead atoms. The molecule has 5 atom stereocenters. The van der Waals surface area contributed by atoms with Gasteiger partial charge >= 0.3 is 0 Å². The maximum absolute atomic E-state index is 3.99. The van der Waals surface area contributed by atoms with Gasteiger partial charge in [-0.3, -0.25) is 0 Å². The van der Waals surface area contributed by atoms with Gasteiger partial charge in [0.1, 0.15) is 0 Å². The molecule has 0 aromatic heterocycles. The van der Waals surface area contributed by atoms with Crippen LogP contribution in [0, 0.1) is 0 Å². The van der Waals surface area contributed by atoms with E-state index in [0.29, 0.717) is 0 Å². The summed E-state index contributed by atoms with van der Waals surface area (Å²) in [4.78, 5) is 0. The molecule has 0 spiro atoms. The van der Waals surface area contributed by atoms with E-state index in [4.69, 9.17) is 0 Å². The Kier molecular flexibility index (Phi) is 3.75. The molecule has 92 valence electrons. The van der Waals surface area contributed by atoms with Crippen LogP contribution in [0.4, 0.5) is 0 Å². The molecule has 2 saturated carbocycles. The zero-order chi connectivity index (χ0) is 11.0. The van der Waals surface area contributed by atoms with Gasteiger partial charge in [0, 0.05) is 27.8 Å². The van der Waals surface area contributed by atoms with Gasteiger partial charge in [0.05, 0.1) is 0 Å². The van der Waals surface area contributed by atoms with Crippen molar-refractivity contribution in [1.29, 1.82) is 0 Å². The highest BCUT2D eigenvalue weighted by molar-refractivity contribution is 8.00. The van der Waals surface area contributed by atoms with Crippen molar-refractivity contribution in [2.45, 2.75) is 72.8 Å². The lowest BCUT2D eigenvalue weighted by molar-refractivity contribution is 0.287. The van der Waals surface area contributed by atoms with Crippen molar-refractivity contribution in [2.24, 2.45) is 0 Å². The zero-order valence-electron chi connectivity index (χ0n) is 10.2. The van der Waals surface area contributed by atoms with Crippen LogP contribution in [0.1, 0.15) is 44.9 Å². The first-order valence-corrected chi connectivity index (χ1v) is 9.04. The smallest absolute Gasteiger partial charge is 0.0205 e. The van der Waals surface area contributed by atoms with Crippen LogP contribution >= 0.6 is 23.5 Å². The molecular weight excluding hydrogens is 234 g/mol. The van der Waals surface area contributed by atoms with E-state index in [1.54, 1.807) is 0 Å². The third-order valence-electron chi connectivity index (χ3n) is 4.55. The highest BCUT2D eigenvalue weighted by Crippen LogP contribution is 2.43. The van der Waals surface area contributed by atoms with E-state index in [9.17, 15) is 0 Å². The molecule has 0 amide bonds. The topological polar surface area (TPSA) is 12.0 Å². The molecule has 5 unspecified atom stereocenters. The zero-order valence-corrected chi connectivity index (χ0v) is 11.8. The van der Waals surface area contributed by atoms with Crippen LogP contribution in [0.15, 0.2) is 0 Å². The van der Waals surface area contributed by atoms with Gasteiger partial charge < -0.3 is 5.32 Å². The minimum atomic E-state index is 0.829. The lowest BCUT2D eigenvalue weighted by atomic mass is 9.89. The Morgan fingerprint density at radius 2 is 1.81 bits per heavy atom. The quantitative estimate of drug-likeness (QED) is 0.774. The molecule has 0 aromatic carbocycles. The molecular formula is C13H23NS2. The van der Waals surface area contributed by atoms with Gasteiger partial charge in [0.25, 0.3) is 0 Å². The molecule has 2 aliphatic carbocycles. The highest BCUT2D eigenvalue weighted by atomic mass is 32.2. The fourth-order valence-electron chi connectivity index (χ4n) is 3.61. The minimum Gasteiger partial charge on any atom is -0.309 e. The van der Waals surface area contributed by atoms with Crippen molar-refractivity contribution in [2.75, 3.05) is 6.26 Å². The molecule has 16 heavy (non-hydrogen) atoms. The predicted molar refractivity (Wildman–Crippen MR) is 75.5 cm³/mol. The van der Waals surface area contributed by atoms with Crippen LogP contribution in [0.3, 0.4) is 0 Å². The SMILES string of the molecule is CSC1CCC2SC3CCCCC3NC2C1. The van der Waals surface area contributed by atoms with Gasteiger partial charge in [-0.25, -0.2) is 0 Å². The molecule has 3 fully saturated rings. The lowest BCUT2D eigenvalue weighted by Gasteiger charge is -2.47. The molecule has 1 heterocycles. The van der Waals surface area contributed by atoms with Crippen molar-refractivity contribution in [1.82, 2.24) is 5.32 Å². The summed E-state index contributed by atoms with van der Waals surface area (Å²) >= 11 is 4.42. The van der Waals surface area contributed by atoms with E-state index in [-0.39, 0.29) is 0 Å². The number of fused-ring (bicyclic) bond motifs is 2. The molecule has 3 aliphatic rings. The molecule has 1 aliphatic heterocycles. The van der Waals surface area contributed by atoms with Gasteiger partial charge in [-0.05, 0) is 38.4 Å². The monoisotopic (exact) mass is 257 g/mol. The average molecular weight is 257 g/mol. The van der Waals surface area contributed by atoms with Gasteiger partial charge in [-0.1, -0.05) is 12.8 Å². The number of nitrogens with one attached hydrogen (secondary N) is 1. The van der Waals surface area contributed by atoms with Crippen LogP contribution in [-0.2, 0) is 0 Å². The summed E-state index contributed by atoms with van der Waals surface area (Å²) in [5, 5.41) is 6.79. The first kappa shape index (κ1) is 11.7. The molecule has 0 aromatic rings. The normalized spacial score (nSPS) is 48.2.